The van der Waals surface area contributed by atoms with Crippen LogP contribution in [-0.4, -0.2) is 51.8 Å². The average molecular weight is 383 g/mol. The van der Waals surface area contributed by atoms with E-state index in [4.69, 9.17) is 5.21 Å². The molecule has 1 aromatic carbocycles. The number of rotatable bonds is 7. The quantitative estimate of drug-likeness (QED) is 0.406. The summed E-state index contributed by atoms with van der Waals surface area (Å²) in [6.07, 6.45) is 2.77. The minimum Gasteiger partial charge on any atom is -0.480 e. The lowest BCUT2D eigenvalue weighted by Gasteiger charge is -2.21. The summed E-state index contributed by atoms with van der Waals surface area (Å²) in [5.74, 6) is 0.457. The maximum Gasteiger partial charge on any atom is 0.325 e. The first-order valence-corrected chi connectivity index (χ1v) is 9.11. The summed E-state index contributed by atoms with van der Waals surface area (Å²) in [6.45, 7) is 2.28. The van der Waals surface area contributed by atoms with Gasteiger partial charge in [-0.05, 0) is 29.9 Å². The summed E-state index contributed by atoms with van der Waals surface area (Å²) in [4.78, 5) is 33.4. The number of hydroxylamine groups is 1. The Hall–Kier alpha value is -3.04. The van der Waals surface area contributed by atoms with Gasteiger partial charge in [0.25, 0.3) is 5.91 Å². The van der Waals surface area contributed by atoms with E-state index in [2.05, 4.69) is 20.2 Å². The van der Waals surface area contributed by atoms with Crippen LogP contribution in [0.5, 0.6) is 0 Å². The van der Waals surface area contributed by atoms with Crippen LogP contribution in [0.4, 0.5) is 5.95 Å². The van der Waals surface area contributed by atoms with Crippen molar-refractivity contribution in [2.24, 2.45) is 17.8 Å². The predicted octanol–water partition coefficient (Wildman–Crippen LogP) is 0.693. The van der Waals surface area contributed by atoms with Crippen LogP contribution >= 0.6 is 0 Å². The Morgan fingerprint density at radius 1 is 1.14 bits per heavy atom. The Bertz CT molecular complexity index is 848. The molecule has 1 aromatic heterocycles. The van der Waals surface area contributed by atoms with E-state index < -0.39 is 17.9 Å². The standard InChI is InChI=1S/C19H21N5O4/c25-17(23-28)12-6-21-19(22-7-12)24-9-14-13(15(14)10-24)8-20-16(18(26)27)11-4-2-1-3-5-11/h1-7,13-16,20,28H,8-10H2,(H,23,25)(H,26,27)/t13?,14?,15?,16-/m0/s1. The number of aromatic nitrogens is 2. The predicted molar refractivity (Wildman–Crippen MR) is 98.8 cm³/mol. The number of carboxylic acids is 1. The number of nitrogens with one attached hydrogen (secondary N) is 2. The van der Waals surface area contributed by atoms with Crippen molar-refractivity contribution in [2.75, 3.05) is 24.5 Å². The molecule has 146 valence electrons. The van der Waals surface area contributed by atoms with Crippen molar-refractivity contribution in [3.63, 3.8) is 0 Å². The highest BCUT2D eigenvalue weighted by Gasteiger charge is 2.55. The molecular formula is C19H21N5O4. The molecule has 9 heteroatoms. The molecule has 1 saturated heterocycles. The molecule has 2 fully saturated rings. The first kappa shape index (κ1) is 18.3. The van der Waals surface area contributed by atoms with Gasteiger partial charge in [-0.1, -0.05) is 30.3 Å². The van der Waals surface area contributed by atoms with Crippen molar-refractivity contribution < 1.29 is 19.9 Å². The van der Waals surface area contributed by atoms with Gasteiger partial charge in [-0.25, -0.2) is 15.4 Å². The zero-order valence-electron chi connectivity index (χ0n) is 15.0. The fraction of sp³-hybridized carbons (Fsp3) is 0.368. The Balaban J connectivity index is 1.30. The molecule has 1 aliphatic heterocycles. The van der Waals surface area contributed by atoms with Crippen molar-refractivity contribution in [2.45, 2.75) is 6.04 Å². The molecule has 28 heavy (non-hydrogen) atoms. The number of aliphatic carboxylic acids is 1. The SMILES string of the molecule is O=C(NO)c1cnc(N2CC3C(CN[C@H](C(=O)O)c4ccccc4)C3C2)nc1. The fourth-order valence-corrected chi connectivity index (χ4v) is 4.03. The molecule has 0 radical (unpaired) electrons. The Kier molecular flexibility index (Phi) is 4.93. The van der Waals surface area contributed by atoms with Gasteiger partial charge in [-0.15, -0.1) is 0 Å². The van der Waals surface area contributed by atoms with Gasteiger partial charge < -0.3 is 15.3 Å². The summed E-state index contributed by atoms with van der Waals surface area (Å²) in [7, 11) is 0. The normalized spacial score (nSPS) is 23.8. The number of amides is 1. The molecule has 2 aliphatic rings. The summed E-state index contributed by atoms with van der Waals surface area (Å²) in [6, 6.07) is 8.48. The Labute approximate surface area is 161 Å². The van der Waals surface area contributed by atoms with Crippen molar-refractivity contribution in [1.82, 2.24) is 20.8 Å². The molecule has 2 unspecified atom stereocenters. The van der Waals surface area contributed by atoms with Gasteiger partial charge in [0.05, 0.1) is 5.56 Å². The third kappa shape index (κ3) is 3.54. The van der Waals surface area contributed by atoms with Crippen LogP contribution in [-0.2, 0) is 4.79 Å². The maximum absolute atomic E-state index is 11.6. The van der Waals surface area contributed by atoms with Gasteiger partial charge >= 0.3 is 5.97 Å². The third-order valence-corrected chi connectivity index (χ3v) is 5.59. The number of hydrogen-bond acceptors (Lipinski definition) is 7. The average Bonchev–Trinajstić information content (AvgIpc) is 3.17. The van der Waals surface area contributed by atoms with E-state index in [1.165, 1.54) is 12.4 Å². The molecule has 1 aliphatic carbocycles. The number of fused-ring (bicyclic) bond motifs is 1. The minimum atomic E-state index is -0.876. The molecule has 2 heterocycles. The largest absolute Gasteiger partial charge is 0.480 e. The fourth-order valence-electron chi connectivity index (χ4n) is 4.03. The molecule has 0 spiro atoms. The second kappa shape index (κ2) is 7.53. The zero-order valence-corrected chi connectivity index (χ0v) is 15.0. The van der Waals surface area contributed by atoms with Gasteiger partial charge in [0.1, 0.15) is 6.04 Å². The van der Waals surface area contributed by atoms with Crippen molar-refractivity contribution in [1.29, 1.82) is 0 Å². The molecular weight excluding hydrogens is 362 g/mol. The minimum absolute atomic E-state index is 0.193. The molecule has 4 rings (SSSR count). The van der Waals surface area contributed by atoms with Crippen LogP contribution in [0.2, 0.25) is 0 Å². The number of benzene rings is 1. The molecule has 3 atom stereocenters. The van der Waals surface area contributed by atoms with Crippen LogP contribution in [0.3, 0.4) is 0 Å². The van der Waals surface area contributed by atoms with Crippen LogP contribution in [0.1, 0.15) is 22.0 Å². The molecule has 1 saturated carbocycles. The van der Waals surface area contributed by atoms with E-state index in [0.717, 1.165) is 18.7 Å². The lowest BCUT2D eigenvalue weighted by atomic mass is 10.1. The number of hydrogen-bond donors (Lipinski definition) is 4. The smallest absolute Gasteiger partial charge is 0.325 e. The van der Waals surface area contributed by atoms with E-state index in [9.17, 15) is 14.7 Å². The lowest BCUT2D eigenvalue weighted by Crippen LogP contribution is -2.33. The number of carboxylic acid groups (broad SMARTS) is 1. The highest BCUT2D eigenvalue weighted by atomic mass is 16.5. The topological polar surface area (TPSA) is 128 Å². The molecule has 1 amide bonds. The van der Waals surface area contributed by atoms with Crippen molar-refractivity contribution >= 4 is 17.8 Å². The molecule has 4 N–H and O–H groups in total. The molecule has 2 aromatic rings. The van der Waals surface area contributed by atoms with E-state index in [-0.39, 0.29) is 5.56 Å². The number of anilines is 1. The first-order valence-electron chi connectivity index (χ1n) is 9.11. The zero-order chi connectivity index (χ0) is 19.7. The highest BCUT2D eigenvalue weighted by Crippen LogP contribution is 2.51. The van der Waals surface area contributed by atoms with E-state index in [1.54, 1.807) is 5.48 Å². The van der Waals surface area contributed by atoms with Crippen LogP contribution < -0.4 is 15.7 Å². The molecule has 0 bridgehead atoms. The monoisotopic (exact) mass is 383 g/mol. The van der Waals surface area contributed by atoms with Gasteiger partial charge in [0.2, 0.25) is 5.95 Å². The number of carbonyl (C=O) groups is 2. The van der Waals surface area contributed by atoms with Crippen LogP contribution in [0, 0.1) is 17.8 Å². The van der Waals surface area contributed by atoms with E-state index in [0.29, 0.717) is 30.2 Å². The summed E-state index contributed by atoms with van der Waals surface area (Å²) in [5, 5.41) is 21.3. The first-order chi connectivity index (χ1) is 13.6. The Morgan fingerprint density at radius 3 is 2.36 bits per heavy atom. The Morgan fingerprint density at radius 2 is 1.79 bits per heavy atom. The van der Waals surface area contributed by atoms with Crippen molar-refractivity contribution in [3.05, 3.63) is 53.9 Å². The van der Waals surface area contributed by atoms with E-state index in [1.807, 2.05) is 30.3 Å². The number of piperidine rings is 1. The number of carbonyl (C=O) groups excluding carboxylic acids is 1. The van der Waals surface area contributed by atoms with Crippen LogP contribution in [0.25, 0.3) is 0 Å². The maximum atomic E-state index is 11.6. The van der Waals surface area contributed by atoms with Crippen LogP contribution in [0.15, 0.2) is 42.7 Å². The van der Waals surface area contributed by atoms with Gasteiger partial charge in [0.15, 0.2) is 0 Å². The third-order valence-electron chi connectivity index (χ3n) is 5.59. The van der Waals surface area contributed by atoms with Gasteiger partial charge in [-0.3, -0.25) is 14.8 Å². The second-order valence-corrected chi connectivity index (χ2v) is 7.20. The van der Waals surface area contributed by atoms with E-state index >= 15 is 0 Å². The van der Waals surface area contributed by atoms with Gasteiger partial charge in [-0.2, -0.15) is 0 Å². The van der Waals surface area contributed by atoms with Crippen molar-refractivity contribution in [3.8, 4) is 0 Å². The molecule has 9 nitrogen and oxygen atoms in total. The lowest BCUT2D eigenvalue weighted by molar-refractivity contribution is -0.139. The van der Waals surface area contributed by atoms with Gasteiger partial charge in [0, 0.05) is 25.5 Å². The summed E-state index contributed by atoms with van der Waals surface area (Å²) >= 11 is 0. The summed E-state index contributed by atoms with van der Waals surface area (Å²) < 4.78 is 0. The highest BCUT2D eigenvalue weighted by molar-refractivity contribution is 5.92. The number of nitrogens with zero attached hydrogens (tertiary/aromatic N) is 3. The second-order valence-electron chi connectivity index (χ2n) is 7.20. The summed E-state index contributed by atoms with van der Waals surface area (Å²) in [5.41, 5.74) is 2.50.